The van der Waals surface area contributed by atoms with E-state index in [1.54, 1.807) is 44.2 Å². The van der Waals surface area contributed by atoms with Crippen LogP contribution in [0.3, 0.4) is 0 Å². The van der Waals surface area contributed by atoms with Crippen molar-refractivity contribution in [2.45, 2.75) is 13.8 Å². The average molecular weight is 349 g/mol. The molecule has 4 aromatic rings. The van der Waals surface area contributed by atoms with E-state index in [9.17, 15) is 9.50 Å². The summed E-state index contributed by atoms with van der Waals surface area (Å²) >= 11 is 0. The monoisotopic (exact) mass is 349 g/mol. The van der Waals surface area contributed by atoms with Gasteiger partial charge in [0.15, 0.2) is 22.9 Å². The number of rotatable bonds is 3. The normalized spacial score (nSPS) is 11.0. The quantitative estimate of drug-likeness (QED) is 0.484. The topological polar surface area (TPSA) is 68.1 Å². The predicted molar refractivity (Wildman–Crippen MR) is 93.3 cm³/mol. The molecule has 2 aromatic heterocycles. The zero-order valence-corrected chi connectivity index (χ0v) is 14.1. The highest BCUT2D eigenvalue weighted by atomic mass is 19.1. The van der Waals surface area contributed by atoms with Crippen molar-refractivity contribution in [2.75, 3.05) is 0 Å². The van der Waals surface area contributed by atoms with Crippen molar-refractivity contribution in [1.29, 1.82) is 0 Å². The Morgan fingerprint density at radius 3 is 2.54 bits per heavy atom. The molecule has 0 N–H and O–H groups in total. The largest absolute Gasteiger partial charge is 0.436 e. The molecule has 0 atom stereocenters. The summed E-state index contributed by atoms with van der Waals surface area (Å²) in [6.07, 6.45) is 1.50. The molecule has 1 radical (unpaired) electrons. The Kier molecular flexibility index (Phi) is 3.80. The number of ether oxygens (including phenoxy) is 1. The van der Waals surface area contributed by atoms with Crippen LogP contribution in [0.1, 0.15) is 11.1 Å². The molecule has 4 rings (SSSR count). The molecule has 0 aliphatic rings. The van der Waals surface area contributed by atoms with Crippen LogP contribution in [-0.4, -0.2) is 9.97 Å². The first-order chi connectivity index (χ1) is 12.5. The van der Waals surface area contributed by atoms with Crippen LogP contribution >= 0.6 is 0 Å². The number of hydrogen-bond donors (Lipinski definition) is 0. The zero-order valence-electron chi connectivity index (χ0n) is 14.1. The van der Waals surface area contributed by atoms with Gasteiger partial charge in [-0.05, 0) is 49.2 Å². The third-order valence-corrected chi connectivity index (χ3v) is 4.01. The van der Waals surface area contributed by atoms with Gasteiger partial charge in [-0.15, -0.1) is 0 Å². The fraction of sp³-hybridized carbons (Fsp3) is 0.100. The highest BCUT2D eigenvalue weighted by Gasteiger charge is 2.14. The first kappa shape index (κ1) is 16.1. The van der Waals surface area contributed by atoms with Crippen LogP contribution in [0.4, 0.5) is 4.39 Å². The van der Waals surface area contributed by atoms with E-state index in [1.165, 1.54) is 18.3 Å². The lowest BCUT2D eigenvalue weighted by atomic mass is 10.1. The lowest BCUT2D eigenvalue weighted by Gasteiger charge is -2.04. The van der Waals surface area contributed by atoms with E-state index >= 15 is 0 Å². The van der Waals surface area contributed by atoms with E-state index in [0.717, 1.165) is 0 Å². The van der Waals surface area contributed by atoms with Gasteiger partial charge >= 0.3 is 0 Å². The minimum Gasteiger partial charge on any atom is -0.436 e. The lowest BCUT2D eigenvalue weighted by Crippen LogP contribution is -1.90. The van der Waals surface area contributed by atoms with Gasteiger partial charge in [0.2, 0.25) is 11.8 Å². The van der Waals surface area contributed by atoms with E-state index in [2.05, 4.69) is 9.97 Å². The fourth-order valence-corrected chi connectivity index (χ4v) is 2.71. The SMILES string of the molecule is Cc1cc(-c2nc3cnc(Oc4ccccc4F)cc3o2)cc(C)c1[O]. The Hall–Kier alpha value is -3.41. The van der Waals surface area contributed by atoms with E-state index in [-0.39, 0.29) is 17.4 Å². The molecule has 129 valence electrons. The molecule has 2 aromatic carbocycles. The molecule has 5 nitrogen and oxygen atoms in total. The van der Waals surface area contributed by atoms with Gasteiger partial charge in [-0.1, -0.05) is 12.1 Å². The number of aromatic nitrogens is 2. The second kappa shape index (κ2) is 6.15. The van der Waals surface area contributed by atoms with Crippen LogP contribution in [0, 0.1) is 19.7 Å². The molecule has 0 amide bonds. The molecule has 0 saturated heterocycles. The zero-order chi connectivity index (χ0) is 18.3. The third kappa shape index (κ3) is 2.86. The number of halogens is 1. The number of aryl methyl sites for hydroxylation is 2. The second-order valence-corrected chi connectivity index (χ2v) is 5.98. The standard InChI is InChI=1S/C20H14FN2O3/c1-11-7-13(8-12(2)19(11)24)20-23-15-10-22-18(9-17(15)26-20)25-16-6-4-3-5-14(16)21/h3-10H,1-2H3. The summed E-state index contributed by atoms with van der Waals surface area (Å²) < 4.78 is 25.0. The second-order valence-electron chi connectivity index (χ2n) is 5.98. The number of pyridine rings is 1. The Bertz CT molecular complexity index is 1100. The molecule has 0 unspecified atom stereocenters. The maximum atomic E-state index is 13.7. The first-order valence-corrected chi connectivity index (χ1v) is 7.99. The van der Waals surface area contributed by atoms with Crippen molar-refractivity contribution in [3.63, 3.8) is 0 Å². The molecule has 0 fully saturated rings. The number of nitrogens with zero attached hydrogens (tertiary/aromatic N) is 2. The van der Waals surface area contributed by atoms with Crippen LogP contribution in [-0.2, 0) is 5.11 Å². The maximum absolute atomic E-state index is 13.7. The summed E-state index contributed by atoms with van der Waals surface area (Å²) in [6.45, 7) is 3.51. The summed E-state index contributed by atoms with van der Waals surface area (Å²) in [4.78, 5) is 8.54. The van der Waals surface area contributed by atoms with Gasteiger partial charge in [0, 0.05) is 11.6 Å². The number of para-hydroxylation sites is 1. The summed E-state index contributed by atoms with van der Waals surface area (Å²) in [5, 5.41) is 11.9. The van der Waals surface area contributed by atoms with E-state index in [0.29, 0.717) is 33.7 Å². The summed E-state index contributed by atoms with van der Waals surface area (Å²) in [7, 11) is 0. The Balaban J connectivity index is 1.71. The molecular weight excluding hydrogens is 335 g/mol. The van der Waals surface area contributed by atoms with Crippen LogP contribution < -0.4 is 4.74 Å². The summed E-state index contributed by atoms with van der Waals surface area (Å²) in [5.41, 5.74) is 2.98. The fourth-order valence-electron chi connectivity index (χ4n) is 2.71. The number of fused-ring (bicyclic) bond motifs is 1. The van der Waals surface area contributed by atoms with Crippen LogP contribution in [0.25, 0.3) is 22.6 Å². The minimum atomic E-state index is -0.476. The van der Waals surface area contributed by atoms with Gasteiger partial charge in [0.1, 0.15) is 5.52 Å². The van der Waals surface area contributed by atoms with Crippen LogP contribution in [0.2, 0.25) is 0 Å². The van der Waals surface area contributed by atoms with Gasteiger partial charge in [-0.2, -0.15) is 0 Å². The number of hydrogen-bond acceptors (Lipinski definition) is 4. The van der Waals surface area contributed by atoms with Gasteiger partial charge in [0.25, 0.3) is 0 Å². The number of benzene rings is 2. The van der Waals surface area contributed by atoms with Crippen molar-refractivity contribution in [1.82, 2.24) is 9.97 Å². The Labute approximate surface area is 148 Å². The highest BCUT2D eigenvalue weighted by Crippen LogP contribution is 2.32. The Morgan fingerprint density at radius 1 is 1.08 bits per heavy atom. The lowest BCUT2D eigenvalue weighted by molar-refractivity contribution is 0.348. The Morgan fingerprint density at radius 2 is 1.81 bits per heavy atom. The number of oxazole rings is 1. The van der Waals surface area contributed by atoms with Gasteiger partial charge in [-0.25, -0.2) is 14.4 Å². The summed E-state index contributed by atoms with van der Waals surface area (Å²) in [5.74, 6) is 0.198. The van der Waals surface area contributed by atoms with E-state index in [4.69, 9.17) is 9.15 Å². The van der Waals surface area contributed by atoms with E-state index in [1.807, 2.05) is 0 Å². The molecule has 0 saturated carbocycles. The van der Waals surface area contributed by atoms with Crippen LogP contribution in [0.15, 0.2) is 53.1 Å². The van der Waals surface area contributed by atoms with Crippen molar-refractivity contribution < 1.29 is 18.7 Å². The minimum absolute atomic E-state index is 0.00658. The highest BCUT2D eigenvalue weighted by molar-refractivity contribution is 5.76. The van der Waals surface area contributed by atoms with Crippen molar-refractivity contribution in [3.8, 4) is 28.8 Å². The maximum Gasteiger partial charge on any atom is 0.227 e. The smallest absolute Gasteiger partial charge is 0.227 e. The van der Waals surface area contributed by atoms with Gasteiger partial charge in [0.05, 0.1) is 6.20 Å². The molecule has 26 heavy (non-hydrogen) atoms. The molecular formula is C20H14FN2O3. The molecule has 6 heteroatoms. The van der Waals surface area contributed by atoms with E-state index < -0.39 is 5.82 Å². The third-order valence-electron chi connectivity index (χ3n) is 4.01. The molecule has 0 aliphatic carbocycles. The molecule has 0 spiro atoms. The van der Waals surface area contributed by atoms with Gasteiger partial charge in [-0.3, -0.25) is 5.11 Å². The van der Waals surface area contributed by atoms with Crippen molar-refractivity contribution in [2.24, 2.45) is 0 Å². The average Bonchev–Trinajstić information content (AvgIpc) is 3.04. The van der Waals surface area contributed by atoms with Crippen LogP contribution in [0.5, 0.6) is 17.4 Å². The molecule has 0 aliphatic heterocycles. The van der Waals surface area contributed by atoms with Crippen molar-refractivity contribution in [3.05, 3.63) is 65.6 Å². The molecule has 2 heterocycles. The predicted octanol–water partition coefficient (Wildman–Crippen LogP) is 5.58. The summed E-state index contributed by atoms with van der Waals surface area (Å²) in [6, 6.07) is 11.1. The van der Waals surface area contributed by atoms with Gasteiger partial charge < -0.3 is 9.15 Å². The molecule has 0 bridgehead atoms. The van der Waals surface area contributed by atoms with Crippen molar-refractivity contribution >= 4 is 11.1 Å². The first-order valence-electron chi connectivity index (χ1n) is 7.99.